The molecule has 0 heterocycles. The summed E-state index contributed by atoms with van der Waals surface area (Å²) >= 11 is 0. The quantitative estimate of drug-likeness (QED) is 0.462. The molecule has 2 rings (SSSR count). The van der Waals surface area contributed by atoms with Crippen LogP contribution in [0.3, 0.4) is 0 Å². The van der Waals surface area contributed by atoms with Crippen molar-refractivity contribution in [2.24, 2.45) is 0 Å². The fourth-order valence-corrected chi connectivity index (χ4v) is 2.11. The lowest BCUT2D eigenvalue weighted by molar-refractivity contribution is -0.384. The average Bonchev–Trinajstić information content (AvgIpc) is 2.59. The number of benzene rings is 2. The molecule has 0 aliphatic carbocycles. The predicted molar refractivity (Wildman–Crippen MR) is 82.6 cm³/mol. The zero-order valence-corrected chi connectivity index (χ0v) is 12.9. The van der Waals surface area contributed by atoms with Crippen LogP contribution in [0.2, 0.25) is 0 Å². The maximum absolute atomic E-state index is 12.7. The van der Waals surface area contributed by atoms with Crippen molar-refractivity contribution in [2.45, 2.75) is 0 Å². The number of ketones is 1. The van der Waals surface area contributed by atoms with Crippen molar-refractivity contribution in [2.75, 3.05) is 21.3 Å². The number of nitro benzene ring substituents is 1. The molecule has 0 amide bonds. The molecule has 0 N–H and O–H groups in total. The Morgan fingerprint density at radius 3 is 2.00 bits per heavy atom. The highest BCUT2D eigenvalue weighted by Crippen LogP contribution is 2.31. The summed E-state index contributed by atoms with van der Waals surface area (Å²) in [6.07, 6.45) is 0. The maximum Gasteiger partial charge on any atom is 0.273 e. The molecule has 23 heavy (non-hydrogen) atoms. The van der Waals surface area contributed by atoms with Gasteiger partial charge >= 0.3 is 0 Å². The smallest absolute Gasteiger partial charge is 0.273 e. The lowest BCUT2D eigenvalue weighted by Gasteiger charge is -2.11. The van der Waals surface area contributed by atoms with Gasteiger partial charge in [0, 0.05) is 12.1 Å². The second kappa shape index (κ2) is 6.78. The van der Waals surface area contributed by atoms with Crippen LogP contribution >= 0.6 is 0 Å². The van der Waals surface area contributed by atoms with Gasteiger partial charge in [-0.15, -0.1) is 0 Å². The van der Waals surface area contributed by atoms with Crippen molar-refractivity contribution in [3.8, 4) is 17.2 Å². The van der Waals surface area contributed by atoms with Crippen LogP contribution in [-0.2, 0) is 0 Å². The largest absolute Gasteiger partial charge is 0.497 e. The fourth-order valence-electron chi connectivity index (χ4n) is 2.11. The molecule has 0 aliphatic heterocycles. The molecule has 2 aromatic rings. The van der Waals surface area contributed by atoms with Gasteiger partial charge in [-0.1, -0.05) is 0 Å². The minimum Gasteiger partial charge on any atom is -0.497 e. The molecule has 7 nitrogen and oxygen atoms in total. The van der Waals surface area contributed by atoms with Gasteiger partial charge in [0.05, 0.1) is 43.4 Å². The summed E-state index contributed by atoms with van der Waals surface area (Å²) in [6.45, 7) is 0. The van der Waals surface area contributed by atoms with Crippen LogP contribution in [-0.4, -0.2) is 32.0 Å². The molecule has 0 aromatic heterocycles. The SMILES string of the molecule is COc1ccc(C(=O)c2ccc([N+](=O)[O-])cc2OC)c(OC)c1. The van der Waals surface area contributed by atoms with E-state index in [1.54, 1.807) is 18.2 Å². The first kappa shape index (κ1) is 16.3. The van der Waals surface area contributed by atoms with E-state index in [0.717, 1.165) is 0 Å². The third-order valence-electron chi connectivity index (χ3n) is 3.29. The van der Waals surface area contributed by atoms with Gasteiger partial charge in [-0.2, -0.15) is 0 Å². The molecule has 120 valence electrons. The molecular weight excluding hydrogens is 302 g/mol. The van der Waals surface area contributed by atoms with Gasteiger partial charge < -0.3 is 14.2 Å². The molecule has 0 fully saturated rings. The van der Waals surface area contributed by atoms with Gasteiger partial charge in [0.15, 0.2) is 5.78 Å². The number of hydrogen-bond acceptors (Lipinski definition) is 6. The zero-order chi connectivity index (χ0) is 17.0. The number of hydrogen-bond donors (Lipinski definition) is 0. The topological polar surface area (TPSA) is 87.9 Å². The van der Waals surface area contributed by atoms with Gasteiger partial charge in [-0.05, 0) is 18.2 Å². The molecule has 0 saturated heterocycles. The second-order valence-corrected chi connectivity index (χ2v) is 4.54. The summed E-state index contributed by atoms with van der Waals surface area (Å²) in [6, 6.07) is 8.62. The van der Waals surface area contributed by atoms with Crippen LogP contribution < -0.4 is 14.2 Å². The second-order valence-electron chi connectivity index (χ2n) is 4.54. The molecule has 7 heteroatoms. The van der Waals surface area contributed by atoms with Crippen molar-refractivity contribution >= 4 is 11.5 Å². The summed E-state index contributed by atoms with van der Waals surface area (Å²) in [5.41, 5.74) is 0.363. The third-order valence-corrected chi connectivity index (χ3v) is 3.29. The van der Waals surface area contributed by atoms with Crippen LogP contribution in [0.5, 0.6) is 17.2 Å². The summed E-state index contributed by atoms with van der Waals surface area (Å²) in [7, 11) is 4.30. The Kier molecular flexibility index (Phi) is 4.80. The van der Waals surface area contributed by atoms with E-state index in [0.29, 0.717) is 17.1 Å². The van der Waals surface area contributed by atoms with E-state index in [-0.39, 0.29) is 22.8 Å². The predicted octanol–water partition coefficient (Wildman–Crippen LogP) is 2.85. The Morgan fingerprint density at radius 1 is 0.913 bits per heavy atom. The monoisotopic (exact) mass is 317 g/mol. The summed E-state index contributed by atoms with van der Waals surface area (Å²) in [5.74, 6) is 0.655. The maximum atomic E-state index is 12.7. The average molecular weight is 317 g/mol. The first-order chi connectivity index (χ1) is 11.0. The lowest BCUT2D eigenvalue weighted by atomic mass is 10.0. The molecule has 0 radical (unpaired) electrons. The number of nitrogens with zero attached hydrogens (tertiary/aromatic N) is 1. The number of carbonyl (C=O) groups is 1. The van der Waals surface area contributed by atoms with E-state index in [1.165, 1.54) is 39.5 Å². The highest BCUT2D eigenvalue weighted by atomic mass is 16.6. The van der Waals surface area contributed by atoms with E-state index >= 15 is 0 Å². The molecule has 0 spiro atoms. The number of rotatable bonds is 6. The molecular formula is C16H15NO6. The van der Waals surface area contributed by atoms with Crippen LogP contribution in [0.4, 0.5) is 5.69 Å². The Morgan fingerprint density at radius 2 is 1.48 bits per heavy atom. The molecule has 0 saturated carbocycles. The van der Waals surface area contributed by atoms with Crippen molar-refractivity contribution in [1.82, 2.24) is 0 Å². The molecule has 0 bridgehead atoms. The van der Waals surface area contributed by atoms with E-state index in [9.17, 15) is 14.9 Å². The first-order valence-electron chi connectivity index (χ1n) is 6.61. The van der Waals surface area contributed by atoms with Gasteiger partial charge in [0.2, 0.25) is 0 Å². The molecule has 0 atom stereocenters. The normalized spacial score (nSPS) is 10.0. The minimum atomic E-state index is -0.551. The number of ether oxygens (including phenoxy) is 3. The summed E-state index contributed by atoms with van der Waals surface area (Å²) in [4.78, 5) is 23.0. The lowest BCUT2D eigenvalue weighted by Crippen LogP contribution is -2.07. The van der Waals surface area contributed by atoms with E-state index in [2.05, 4.69) is 0 Å². The fraction of sp³-hybridized carbons (Fsp3) is 0.188. The minimum absolute atomic E-state index is 0.127. The number of non-ortho nitro benzene ring substituents is 1. The highest BCUT2D eigenvalue weighted by Gasteiger charge is 2.21. The van der Waals surface area contributed by atoms with Crippen molar-refractivity contribution in [3.05, 3.63) is 57.6 Å². The number of carbonyl (C=O) groups excluding carboxylic acids is 1. The van der Waals surface area contributed by atoms with Crippen LogP contribution in [0.1, 0.15) is 15.9 Å². The summed E-state index contributed by atoms with van der Waals surface area (Å²) in [5, 5.41) is 10.8. The van der Waals surface area contributed by atoms with Gasteiger partial charge in [-0.25, -0.2) is 0 Å². The Hall–Kier alpha value is -3.09. The van der Waals surface area contributed by atoms with Gasteiger partial charge in [-0.3, -0.25) is 14.9 Å². The standard InChI is InChI=1S/C16H15NO6/c1-21-11-5-7-13(15(9-11)23-3)16(18)12-6-4-10(17(19)20)8-14(12)22-2/h4-9H,1-3H3. The van der Waals surface area contributed by atoms with Crippen LogP contribution in [0.15, 0.2) is 36.4 Å². The van der Waals surface area contributed by atoms with E-state index in [1.807, 2.05) is 0 Å². The van der Waals surface area contributed by atoms with E-state index in [4.69, 9.17) is 14.2 Å². The Balaban J connectivity index is 2.50. The van der Waals surface area contributed by atoms with Crippen molar-refractivity contribution in [1.29, 1.82) is 0 Å². The molecule has 0 aliphatic rings. The van der Waals surface area contributed by atoms with Crippen molar-refractivity contribution in [3.63, 3.8) is 0 Å². The van der Waals surface area contributed by atoms with Gasteiger partial charge in [0.25, 0.3) is 5.69 Å². The van der Waals surface area contributed by atoms with Crippen LogP contribution in [0, 0.1) is 10.1 Å². The summed E-state index contributed by atoms with van der Waals surface area (Å²) < 4.78 is 15.4. The van der Waals surface area contributed by atoms with Crippen molar-refractivity contribution < 1.29 is 23.9 Å². The molecule has 0 unspecified atom stereocenters. The molecule has 2 aromatic carbocycles. The highest BCUT2D eigenvalue weighted by molar-refractivity contribution is 6.12. The Labute approximate surface area is 132 Å². The first-order valence-corrected chi connectivity index (χ1v) is 6.61. The third kappa shape index (κ3) is 3.23. The van der Waals surface area contributed by atoms with Crippen LogP contribution in [0.25, 0.3) is 0 Å². The Bertz CT molecular complexity index is 756. The number of nitro groups is 1. The zero-order valence-electron chi connectivity index (χ0n) is 12.9. The van der Waals surface area contributed by atoms with Gasteiger partial charge in [0.1, 0.15) is 17.2 Å². The van der Waals surface area contributed by atoms with E-state index < -0.39 is 4.92 Å². The number of methoxy groups -OCH3 is 3.